The number of benzene rings is 1. The minimum atomic E-state index is -0.644. The van der Waals surface area contributed by atoms with Crippen molar-refractivity contribution < 1.29 is 20.1 Å². The zero-order valence-electron chi connectivity index (χ0n) is 10.6. The van der Waals surface area contributed by atoms with Crippen LogP contribution in [-0.4, -0.2) is 60.2 Å². The average molecular weight is 255 g/mol. The van der Waals surface area contributed by atoms with Gasteiger partial charge in [-0.05, 0) is 17.7 Å². The highest BCUT2D eigenvalue weighted by atomic mass is 16.5. The van der Waals surface area contributed by atoms with Gasteiger partial charge in [0.15, 0.2) is 0 Å². The summed E-state index contributed by atoms with van der Waals surface area (Å²) < 4.78 is 5.05. The van der Waals surface area contributed by atoms with Gasteiger partial charge in [-0.25, -0.2) is 0 Å². The summed E-state index contributed by atoms with van der Waals surface area (Å²) in [6.45, 7) is 1.28. The smallest absolute Gasteiger partial charge is 0.118 e. The molecule has 0 aliphatic heterocycles. The molecule has 0 aliphatic carbocycles. The molecule has 0 saturated carbocycles. The summed E-state index contributed by atoms with van der Waals surface area (Å²) in [7, 11) is 1.59. The van der Waals surface area contributed by atoms with E-state index in [9.17, 15) is 5.11 Å². The Labute approximate surface area is 107 Å². The first-order chi connectivity index (χ1) is 8.71. The van der Waals surface area contributed by atoms with Gasteiger partial charge in [0.2, 0.25) is 0 Å². The van der Waals surface area contributed by atoms with Crippen LogP contribution in [0.3, 0.4) is 0 Å². The topological polar surface area (TPSA) is 73.2 Å². The minimum Gasteiger partial charge on any atom is -0.497 e. The number of hydrogen-bond donors (Lipinski definition) is 3. The number of aliphatic hydroxyl groups is 3. The maximum absolute atomic E-state index is 10.1. The molecule has 0 fully saturated rings. The fourth-order valence-corrected chi connectivity index (χ4v) is 1.75. The van der Waals surface area contributed by atoms with E-state index in [0.29, 0.717) is 19.6 Å². The van der Waals surface area contributed by atoms with Crippen molar-refractivity contribution in [2.45, 2.75) is 6.10 Å². The Morgan fingerprint density at radius 3 is 2.11 bits per heavy atom. The second kappa shape index (κ2) is 8.05. The van der Waals surface area contributed by atoms with Crippen molar-refractivity contribution in [2.75, 3.05) is 40.0 Å². The van der Waals surface area contributed by atoms with Gasteiger partial charge < -0.3 is 20.1 Å². The number of nitrogens with zero attached hydrogens (tertiary/aromatic N) is 1. The summed E-state index contributed by atoms with van der Waals surface area (Å²) in [5.41, 5.74) is 0.789. The van der Waals surface area contributed by atoms with Crippen molar-refractivity contribution in [1.29, 1.82) is 0 Å². The van der Waals surface area contributed by atoms with Gasteiger partial charge in [-0.3, -0.25) is 4.90 Å². The predicted octanol–water partition coefficient (Wildman–Crippen LogP) is 0.0152. The quantitative estimate of drug-likeness (QED) is 0.610. The number of hydrogen-bond acceptors (Lipinski definition) is 5. The summed E-state index contributed by atoms with van der Waals surface area (Å²) in [5, 5.41) is 27.8. The van der Waals surface area contributed by atoms with Crippen LogP contribution in [0.4, 0.5) is 0 Å². The number of ether oxygens (including phenoxy) is 1. The summed E-state index contributed by atoms with van der Waals surface area (Å²) >= 11 is 0. The molecule has 1 aromatic rings. The fourth-order valence-electron chi connectivity index (χ4n) is 1.75. The van der Waals surface area contributed by atoms with E-state index in [4.69, 9.17) is 14.9 Å². The molecular formula is C13H21NO4. The third kappa shape index (κ3) is 4.62. The number of aliphatic hydroxyl groups excluding tert-OH is 3. The monoisotopic (exact) mass is 255 g/mol. The van der Waals surface area contributed by atoms with Crippen LogP contribution in [-0.2, 0) is 0 Å². The highest BCUT2D eigenvalue weighted by Crippen LogP contribution is 2.18. The van der Waals surface area contributed by atoms with Crippen LogP contribution in [0.1, 0.15) is 11.7 Å². The molecule has 18 heavy (non-hydrogen) atoms. The van der Waals surface area contributed by atoms with E-state index in [1.54, 1.807) is 31.4 Å². The maximum Gasteiger partial charge on any atom is 0.118 e. The van der Waals surface area contributed by atoms with E-state index >= 15 is 0 Å². The van der Waals surface area contributed by atoms with E-state index in [1.807, 2.05) is 4.90 Å². The van der Waals surface area contributed by atoms with Gasteiger partial charge in [0.1, 0.15) is 5.75 Å². The molecule has 5 heteroatoms. The normalized spacial score (nSPS) is 12.7. The molecule has 0 amide bonds. The molecule has 0 aromatic heterocycles. The van der Waals surface area contributed by atoms with E-state index in [2.05, 4.69) is 0 Å². The lowest BCUT2D eigenvalue weighted by Crippen LogP contribution is -2.33. The second-order valence-electron chi connectivity index (χ2n) is 4.04. The summed E-state index contributed by atoms with van der Waals surface area (Å²) in [6.07, 6.45) is -0.644. The lowest BCUT2D eigenvalue weighted by atomic mass is 10.1. The molecule has 0 saturated heterocycles. The zero-order chi connectivity index (χ0) is 13.4. The predicted molar refractivity (Wildman–Crippen MR) is 68.6 cm³/mol. The molecule has 1 atom stereocenters. The molecule has 5 nitrogen and oxygen atoms in total. The van der Waals surface area contributed by atoms with Gasteiger partial charge in [-0.2, -0.15) is 0 Å². The van der Waals surface area contributed by atoms with E-state index in [-0.39, 0.29) is 13.2 Å². The Morgan fingerprint density at radius 1 is 1.11 bits per heavy atom. The van der Waals surface area contributed by atoms with Crippen molar-refractivity contribution in [1.82, 2.24) is 4.90 Å². The van der Waals surface area contributed by atoms with Gasteiger partial charge >= 0.3 is 0 Å². The molecule has 3 N–H and O–H groups in total. The minimum absolute atomic E-state index is 0.00926. The van der Waals surface area contributed by atoms with Gasteiger partial charge in [0, 0.05) is 19.6 Å². The van der Waals surface area contributed by atoms with Crippen molar-refractivity contribution in [2.24, 2.45) is 0 Å². The first kappa shape index (κ1) is 14.9. The van der Waals surface area contributed by atoms with Crippen LogP contribution in [0.2, 0.25) is 0 Å². The Balaban J connectivity index is 2.58. The summed E-state index contributed by atoms with van der Waals surface area (Å²) in [6, 6.07) is 7.20. The lowest BCUT2D eigenvalue weighted by molar-refractivity contribution is 0.0874. The van der Waals surface area contributed by atoms with Crippen LogP contribution < -0.4 is 4.74 Å². The van der Waals surface area contributed by atoms with E-state index < -0.39 is 6.10 Å². The van der Waals surface area contributed by atoms with E-state index in [1.165, 1.54) is 0 Å². The molecule has 1 unspecified atom stereocenters. The first-order valence-electron chi connectivity index (χ1n) is 5.97. The molecule has 0 heterocycles. The zero-order valence-corrected chi connectivity index (χ0v) is 10.6. The average Bonchev–Trinajstić information content (AvgIpc) is 2.39. The highest BCUT2D eigenvalue weighted by Gasteiger charge is 2.13. The SMILES string of the molecule is COc1ccc(C(O)CN(CCO)CCO)cc1. The van der Waals surface area contributed by atoms with Crippen LogP contribution in [0.15, 0.2) is 24.3 Å². The molecule has 0 bridgehead atoms. The third-order valence-corrected chi connectivity index (χ3v) is 2.76. The van der Waals surface area contributed by atoms with Crippen molar-refractivity contribution in [3.05, 3.63) is 29.8 Å². The molecule has 0 radical (unpaired) electrons. The molecular weight excluding hydrogens is 234 g/mol. The van der Waals surface area contributed by atoms with Crippen LogP contribution in [0, 0.1) is 0 Å². The Kier molecular flexibility index (Phi) is 6.67. The van der Waals surface area contributed by atoms with E-state index in [0.717, 1.165) is 11.3 Å². The first-order valence-corrected chi connectivity index (χ1v) is 5.97. The van der Waals surface area contributed by atoms with Crippen molar-refractivity contribution in [3.63, 3.8) is 0 Å². The third-order valence-electron chi connectivity index (χ3n) is 2.76. The molecule has 1 rings (SSSR count). The second-order valence-corrected chi connectivity index (χ2v) is 4.04. The van der Waals surface area contributed by atoms with Gasteiger partial charge in [0.25, 0.3) is 0 Å². The molecule has 102 valence electrons. The fraction of sp³-hybridized carbons (Fsp3) is 0.538. The molecule has 0 spiro atoms. The van der Waals surface area contributed by atoms with Crippen molar-refractivity contribution in [3.8, 4) is 5.75 Å². The lowest BCUT2D eigenvalue weighted by Gasteiger charge is -2.23. The highest BCUT2D eigenvalue weighted by molar-refractivity contribution is 5.28. The van der Waals surface area contributed by atoms with Gasteiger partial charge in [-0.1, -0.05) is 12.1 Å². The Morgan fingerprint density at radius 2 is 1.67 bits per heavy atom. The number of methoxy groups -OCH3 is 1. The van der Waals surface area contributed by atoms with Gasteiger partial charge in [0.05, 0.1) is 26.4 Å². The van der Waals surface area contributed by atoms with Crippen molar-refractivity contribution >= 4 is 0 Å². The largest absolute Gasteiger partial charge is 0.497 e. The van der Waals surface area contributed by atoms with Crippen LogP contribution in [0.5, 0.6) is 5.75 Å². The summed E-state index contributed by atoms with van der Waals surface area (Å²) in [4.78, 5) is 1.81. The maximum atomic E-state index is 10.1. The Bertz CT molecular complexity index is 322. The van der Waals surface area contributed by atoms with Crippen LogP contribution in [0.25, 0.3) is 0 Å². The molecule has 0 aliphatic rings. The Hall–Kier alpha value is -1.14. The number of rotatable bonds is 8. The molecule has 1 aromatic carbocycles. The van der Waals surface area contributed by atoms with Gasteiger partial charge in [-0.15, -0.1) is 0 Å². The summed E-state index contributed by atoms with van der Waals surface area (Å²) in [5.74, 6) is 0.744. The standard InChI is InChI=1S/C13H21NO4/c1-18-12-4-2-11(3-5-12)13(17)10-14(6-8-15)7-9-16/h2-5,13,15-17H,6-10H2,1H3. The van der Waals surface area contributed by atoms with Crippen LogP contribution >= 0.6 is 0 Å².